The topological polar surface area (TPSA) is 73.8 Å². The van der Waals surface area contributed by atoms with Gasteiger partial charge in [0, 0.05) is 23.0 Å². The van der Waals surface area contributed by atoms with Gasteiger partial charge in [0.2, 0.25) is 5.17 Å². The van der Waals surface area contributed by atoms with Gasteiger partial charge in [-0.15, -0.1) is 0 Å². The van der Waals surface area contributed by atoms with E-state index in [0.29, 0.717) is 11.1 Å². The average Bonchev–Trinajstić information content (AvgIpc) is 3.31. The van der Waals surface area contributed by atoms with Crippen LogP contribution >= 0.6 is 11.8 Å². The first-order chi connectivity index (χ1) is 15.2. The summed E-state index contributed by atoms with van der Waals surface area (Å²) in [5, 5.41) is 15.9. The Labute approximate surface area is 193 Å². The summed E-state index contributed by atoms with van der Waals surface area (Å²) >= 11 is 1.36. The predicted octanol–water partition coefficient (Wildman–Crippen LogP) is 5.88. The maximum Gasteiger partial charge on any atom is 0.283 e. The molecule has 6 nitrogen and oxygen atoms in total. The van der Waals surface area contributed by atoms with E-state index in [-0.39, 0.29) is 17.3 Å². The predicted molar refractivity (Wildman–Crippen MR) is 134 cm³/mol. The van der Waals surface area contributed by atoms with Crippen molar-refractivity contribution in [3.63, 3.8) is 0 Å². The molecule has 32 heavy (non-hydrogen) atoms. The van der Waals surface area contributed by atoms with E-state index < -0.39 is 5.91 Å². The largest absolute Gasteiger partial charge is 0.318 e. The zero-order chi connectivity index (χ0) is 23.2. The molecule has 1 aromatic carbocycles. The van der Waals surface area contributed by atoms with Crippen molar-refractivity contribution in [2.45, 2.75) is 53.9 Å². The van der Waals surface area contributed by atoms with Crippen LogP contribution in [0.4, 0.5) is 0 Å². The molecule has 1 amide bonds. The molecular formula is C25H29N5OS. The van der Waals surface area contributed by atoms with Crippen LogP contribution in [-0.4, -0.2) is 31.5 Å². The summed E-state index contributed by atoms with van der Waals surface area (Å²) in [4.78, 5) is 16.9. The number of hydrazone groups is 1. The van der Waals surface area contributed by atoms with Gasteiger partial charge < -0.3 is 4.57 Å². The SMILES string of the molecule is CCC(C)c1ccc(-n2c(C)cc(/C=C3/C(=N)N4N=C(C(C)C)SC4=NC3=O)c2C)cc1. The zero-order valence-corrected chi connectivity index (χ0v) is 20.2. The second kappa shape index (κ2) is 8.54. The number of thioether (sulfide) groups is 1. The van der Waals surface area contributed by atoms with Crippen LogP contribution in [0.5, 0.6) is 0 Å². The molecule has 166 valence electrons. The smallest absolute Gasteiger partial charge is 0.283 e. The minimum atomic E-state index is -0.392. The molecule has 0 radical (unpaired) electrons. The first kappa shape index (κ1) is 22.3. The van der Waals surface area contributed by atoms with Crippen LogP contribution in [0.2, 0.25) is 0 Å². The highest BCUT2D eigenvalue weighted by molar-refractivity contribution is 8.27. The maximum absolute atomic E-state index is 12.7. The number of carbonyl (C=O) groups excluding carboxylic acids is 1. The molecule has 7 heteroatoms. The second-order valence-corrected chi connectivity index (χ2v) is 9.66. The number of amides is 1. The van der Waals surface area contributed by atoms with Crippen molar-refractivity contribution in [3.8, 4) is 5.69 Å². The van der Waals surface area contributed by atoms with E-state index in [1.165, 1.54) is 22.3 Å². The van der Waals surface area contributed by atoms with Crippen molar-refractivity contribution in [2.24, 2.45) is 16.0 Å². The minimum absolute atomic E-state index is 0.0749. The standard InChI is InChI=1S/C25H29N5OS/c1-7-15(4)18-8-10-20(11-9-18)29-16(5)12-19(17(29)6)13-21-22(26)30-25(27-23(21)31)32-24(28-30)14(2)3/h8-15,26H,7H2,1-6H3/b21-13-,26-22?. The highest BCUT2D eigenvalue weighted by atomic mass is 32.2. The number of benzene rings is 1. The number of fused-ring (bicyclic) bond motifs is 1. The van der Waals surface area contributed by atoms with Gasteiger partial charge in [-0.05, 0) is 73.4 Å². The number of hydrogen-bond acceptors (Lipinski definition) is 4. The molecular weight excluding hydrogens is 418 g/mol. The fourth-order valence-corrected chi connectivity index (χ4v) is 4.81. The van der Waals surface area contributed by atoms with Crippen LogP contribution in [0.3, 0.4) is 0 Å². The molecule has 2 aliphatic rings. The number of aliphatic imine (C=N–C) groups is 1. The number of carbonyl (C=O) groups is 1. The van der Waals surface area contributed by atoms with Gasteiger partial charge in [-0.2, -0.15) is 15.1 Å². The van der Waals surface area contributed by atoms with Gasteiger partial charge in [0.05, 0.1) is 5.57 Å². The number of aryl methyl sites for hydroxylation is 1. The van der Waals surface area contributed by atoms with Crippen LogP contribution in [0, 0.1) is 25.2 Å². The lowest BCUT2D eigenvalue weighted by Crippen LogP contribution is -2.35. The molecule has 2 aromatic rings. The Bertz CT molecular complexity index is 1180. The third-order valence-corrected chi connectivity index (χ3v) is 7.28. The summed E-state index contributed by atoms with van der Waals surface area (Å²) in [5.74, 6) is 0.435. The van der Waals surface area contributed by atoms with Gasteiger partial charge in [-0.25, -0.2) is 0 Å². The Morgan fingerprint density at radius 3 is 2.47 bits per heavy atom. The molecule has 2 aliphatic heterocycles. The first-order valence-electron chi connectivity index (χ1n) is 11.0. The summed E-state index contributed by atoms with van der Waals surface area (Å²) in [6, 6.07) is 10.7. The van der Waals surface area contributed by atoms with Crippen LogP contribution in [-0.2, 0) is 4.79 Å². The van der Waals surface area contributed by atoms with Gasteiger partial charge >= 0.3 is 0 Å². The molecule has 1 aromatic heterocycles. The Kier molecular flexibility index (Phi) is 5.95. The van der Waals surface area contributed by atoms with E-state index in [4.69, 9.17) is 5.41 Å². The van der Waals surface area contributed by atoms with E-state index in [1.807, 2.05) is 26.8 Å². The zero-order valence-electron chi connectivity index (χ0n) is 19.4. The van der Waals surface area contributed by atoms with E-state index in [9.17, 15) is 4.79 Å². The molecule has 0 bridgehead atoms. The van der Waals surface area contributed by atoms with Crippen molar-refractivity contribution < 1.29 is 4.79 Å². The van der Waals surface area contributed by atoms with Crippen molar-refractivity contribution in [3.05, 3.63) is 58.4 Å². The van der Waals surface area contributed by atoms with Crippen LogP contribution in [0.25, 0.3) is 11.8 Å². The summed E-state index contributed by atoms with van der Waals surface area (Å²) in [5.41, 5.74) is 5.67. The fourth-order valence-electron chi connectivity index (χ4n) is 3.91. The Morgan fingerprint density at radius 2 is 1.84 bits per heavy atom. The molecule has 0 saturated carbocycles. The van der Waals surface area contributed by atoms with E-state index in [2.05, 4.69) is 59.7 Å². The van der Waals surface area contributed by atoms with Crippen LogP contribution < -0.4 is 0 Å². The minimum Gasteiger partial charge on any atom is -0.318 e. The normalized spacial score (nSPS) is 18.3. The van der Waals surface area contributed by atoms with Crippen molar-refractivity contribution in [1.82, 2.24) is 9.58 Å². The lowest BCUT2D eigenvalue weighted by atomic mass is 9.98. The summed E-state index contributed by atoms with van der Waals surface area (Å²) < 4.78 is 2.18. The average molecular weight is 448 g/mol. The molecule has 0 spiro atoms. The maximum atomic E-state index is 12.7. The molecule has 1 unspecified atom stereocenters. The van der Waals surface area contributed by atoms with Gasteiger partial charge in [-0.3, -0.25) is 10.2 Å². The Hall–Kier alpha value is -2.93. The van der Waals surface area contributed by atoms with Gasteiger partial charge in [-0.1, -0.05) is 39.8 Å². The molecule has 4 rings (SSSR count). The van der Waals surface area contributed by atoms with Crippen LogP contribution in [0.1, 0.15) is 62.5 Å². The van der Waals surface area contributed by atoms with Gasteiger partial charge in [0.25, 0.3) is 5.91 Å². The lowest BCUT2D eigenvalue weighted by molar-refractivity contribution is -0.114. The van der Waals surface area contributed by atoms with Crippen molar-refractivity contribution in [1.29, 1.82) is 5.41 Å². The van der Waals surface area contributed by atoms with Gasteiger partial charge in [0.1, 0.15) is 5.04 Å². The van der Waals surface area contributed by atoms with E-state index in [0.717, 1.165) is 34.1 Å². The first-order valence-corrected chi connectivity index (χ1v) is 11.8. The monoisotopic (exact) mass is 447 g/mol. The number of nitrogens with one attached hydrogen (secondary N) is 1. The molecule has 0 saturated heterocycles. The molecule has 0 fully saturated rings. The number of aromatic nitrogens is 1. The molecule has 3 heterocycles. The molecule has 1 N–H and O–H groups in total. The molecule has 1 atom stereocenters. The van der Waals surface area contributed by atoms with E-state index >= 15 is 0 Å². The number of amidine groups is 2. The number of nitrogens with zero attached hydrogens (tertiary/aromatic N) is 4. The van der Waals surface area contributed by atoms with Crippen molar-refractivity contribution >= 4 is 39.8 Å². The Morgan fingerprint density at radius 1 is 1.16 bits per heavy atom. The summed E-state index contributed by atoms with van der Waals surface area (Å²) in [7, 11) is 0. The fraction of sp³-hybridized carbons (Fsp3) is 0.360. The van der Waals surface area contributed by atoms with Crippen LogP contribution in [0.15, 0.2) is 46.0 Å². The highest BCUT2D eigenvalue weighted by Crippen LogP contribution is 2.32. The summed E-state index contributed by atoms with van der Waals surface area (Å²) in [6.45, 7) is 12.6. The Balaban J connectivity index is 1.69. The number of hydrogen-bond donors (Lipinski definition) is 1. The third-order valence-electron chi connectivity index (χ3n) is 6.07. The third kappa shape index (κ3) is 3.86. The van der Waals surface area contributed by atoms with Crippen molar-refractivity contribution in [2.75, 3.05) is 0 Å². The lowest BCUT2D eigenvalue weighted by Gasteiger charge is -2.20. The molecule has 0 aliphatic carbocycles. The highest BCUT2D eigenvalue weighted by Gasteiger charge is 2.36. The van der Waals surface area contributed by atoms with Gasteiger partial charge in [0.15, 0.2) is 5.84 Å². The number of rotatable bonds is 5. The summed E-state index contributed by atoms with van der Waals surface area (Å²) in [6.07, 6.45) is 2.88. The quantitative estimate of drug-likeness (QED) is 0.581. The van der Waals surface area contributed by atoms with E-state index in [1.54, 1.807) is 6.08 Å². The second-order valence-electron chi connectivity index (χ2n) is 8.68.